The van der Waals surface area contributed by atoms with Gasteiger partial charge in [-0.25, -0.2) is 0 Å². The molecule has 2 N–H and O–H groups in total. The molecule has 4 heteroatoms. The molecule has 2 atom stereocenters. The van der Waals surface area contributed by atoms with E-state index in [0.29, 0.717) is 11.9 Å². The molecule has 0 aromatic heterocycles. The molecule has 2 saturated carbocycles. The Balaban J connectivity index is 1.98. The number of amides is 1. The number of rotatable bonds is 5. The van der Waals surface area contributed by atoms with Crippen molar-refractivity contribution in [2.24, 2.45) is 11.7 Å². The number of hydrogen-bond acceptors (Lipinski definition) is 3. The summed E-state index contributed by atoms with van der Waals surface area (Å²) in [6, 6.07) is 0.720. The van der Waals surface area contributed by atoms with Crippen LogP contribution in [0.15, 0.2) is 0 Å². The second-order valence-electron chi connectivity index (χ2n) is 6.90. The highest BCUT2D eigenvalue weighted by Gasteiger charge is 2.33. The van der Waals surface area contributed by atoms with Gasteiger partial charge in [-0.3, -0.25) is 4.79 Å². The molecular formula is C16H31N3O. The van der Waals surface area contributed by atoms with Gasteiger partial charge in [-0.1, -0.05) is 19.3 Å². The molecule has 2 aliphatic rings. The topological polar surface area (TPSA) is 49.6 Å². The number of carbonyl (C=O) groups excluding carboxylic acids is 1. The molecule has 20 heavy (non-hydrogen) atoms. The third-order valence-corrected chi connectivity index (χ3v) is 4.90. The SMILES string of the molecule is CN(C)CCN(C(=O)C1CCCC(N)C1)C1CCCC1. The van der Waals surface area contributed by atoms with Gasteiger partial charge in [0.05, 0.1) is 0 Å². The molecule has 0 saturated heterocycles. The first-order valence-corrected chi connectivity index (χ1v) is 8.28. The van der Waals surface area contributed by atoms with Crippen LogP contribution in [0.3, 0.4) is 0 Å². The van der Waals surface area contributed by atoms with Gasteiger partial charge < -0.3 is 15.5 Å². The van der Waals surface area contributed by atoms with Crippen LogP contribution < -0.4 is 5.73 Å². The Labute approximate surface area is 123 Å². The second-order valence-corrected chi connectivity index (χ2v) is 6.90. The first-order chi connectivity index (χ1) is 9.58. The van der Waals surface area contributed by atoms with Crippen molar-refractivity contribution in [2.75, 3.05) is 27.2 Å². The Morgan fingerprint density at radius 3 is 2.35 bits per heavy atom. The molecule has 0 bridgehead atoms. The van der Waals surface area contributed by atoms with E-state index < -0.39 is 0 Å². The van der Waals surface area contributed by atoms with E-state index >= 15 is 0 Å². The molecule has 116 valence electrons. The first kappa shape index (κ1) is 15.8. The fourth-order valence-electron chi connectivity index (χ4n) is 3.68. The zero-order valence-corrected chi connectivity index (χ0v) is 13.2. The fourth-order valence-corrected chi connectivity index (χ4v) is 3.68. The zero-order valence-electron chi connectivity index (χ0n) is 13.2. The largest absolute Gasteiger partial charge is 0.338 e. The average molecular weight is 281 g/mol. The molecule has 2 rings (SSSR count). The highest BCUT2D eigenvalue weighted by molar-refractivity contribution is 5.79. The lowest BCUT2D eigenvalue weighted by atomic mass is 9.85. The molecule has 0 heterocycles. The number of hydrogen-bond donors (Lipinski definition) is 1. The quantitative estimate of drug-likeness (QED) is 0.836. The number of carbonyl (C=O) groups is 1. The summed E-state index contributed by atoms with van der Waals surface area (Å²) < 4.78 is 0. The maximum absolute atomic E-state index is 12.9. The predicted octanol–water partition coefficient (Wildman–Crippen LogP) is 1.84. The van der Waals surface area contributed by atoms with Gasteiger partial charge >= 0.3 is 0 Å². The predicted molar refractivity (Wildman–Crippen MR) is 82.5 cm³/mol. The second kappa shape index (κ2) is 7.41. The first-order valence-electron chi connectivity index (χ1n) is 8.28. The van der Waals surface area contributed by atoms with Crippen molar-refractivity contribution in [3.8, 4) is 0 Å². The molecule has 2 unspecified atom stereocenters. The Bertz CT molecular complexity index is 313. The summed E-state index contributed by atoms with van der Waals surface area (Å²) in [7, 11) is 4.15. The van der Waals surface area contributed by atoms with Crippen LogP contribution in [0.5, 0.6) is 0 Å². The summed E-state index contributed by atoms with van der Waals surface area (Å²) in [5.74, 6) is 0.565. The number of nitrogens with zero attached hydrogens (tertiary/aromatic N) is 2. The molecule has 0 spiro atoms. The lowest BCUT2D eigenvalue weighted by molar-refractivity contribution is -0.139. The van der Waals surface area contributed by atoms with Crippen LogP contribution in [0, 0.1) is 5.92 Å². The summed E-state index contributed by atoms with van der Waals surface area (Å²) >= 11 is 0. The fraction of sp³-hybridized carbons (Fsp3) is 0.938. The van der Waals surface area contributed by atoms with Crippen molar-refractivity contribution in [1.82, 2.24) is 9.80 Å². The van der Waals surface area contributed by atoms with Gasteiger partial charge in [0.25, 0.3) is 0 Å². The molecule has 0 aromatic carbocycles. The van der Waals surface area contributed by atoms with Crippen molar-refractivity contribution in [3.05, 3.63) is 0 Å². The monoisotopic (exact) mass is 281 g/mol. The Kier molecular flexibility index (Phi) is 5.85. The molecule has 4 nitrogen and oxygen atoms in total. The molecular weight excluding hydrogens is 250 g/mol. The highest BCUT2D eigenvalue weighted by atomic mass is 16.2. The zero-order chi connectivity index (χ0) is 14.5. The van der Waals surface area contributed by atoms with Crippen molar-refractivity contribution < 1.29 is 4.79 Å². The van der Waals surface area contributed by atoms with Crippen LogP contribution in [0.2, 0.25) is 0 Å². The summed E-state index contributed by atoms with van der Waals surface area (Å²) in [4.78, 5) is 17.3. The van der Waals surface area contributed by atoms with Gasteiger partial charge in [0.15, 0.2) is 0 Å². The molecule has 0 aliphatic heterocycles. The van der Waals surface area contributed by atoms with E-state index in [1.54, 1.807) is 0 Å². The summed E-state index contributed by atoms with van der Waals surface area (Å²) in [5, 5.41) is 0. The minimum absolute atomic E-state index is 0.182. The molecule has 2 fully saturated rings. The van der Waals surface area contributed by atoms with Gasteiger partial charge in [-0.15, -0.1) is 0 Å². The normalized spacial score (nSPS) is 28.0. The van der Waals surface area contributed by atoms with Gasteiger partial charge in [-0.05, 0) is 46.2 Å². The summed E-state index contributed by atoms with van der Waals surface area (Å²) in [6.07, 6.45) is 9.08. The number of likely N-dealkylation sites (N-methyl/N-ethyl adjacent to an activating group) is 1. The smallest absolute Gasteiger partial charge is 0.226 e. The van der Waals surface area contributed by atoms with E-state index in [4.69, 9.17) is 5.73 Å². The molecule has 2 aliphatic carbocycles. The van der Waals surface area contributed by atoms with E-state index in [1.165, 1.54) is 25.7 Å². The van der Waals surface area contributed by atoms with Gasteiger partial charge in [0.1, 0.15) is 0 Å². The minimum atomic E-state index is 0.182. The van der Waals surface area contributed by atoms with E-state index in [2.05, 4.69) is 23.9 Å². The van der Waals surface area contributed by atoms with Crippen LogP contribution >= 0.6 is 0 Å². The van der Waals surface area contributed by atoms with Gasteiger partial charge in [0, 0.05) is 31.1 Å². The van der Waals surface area contributed by atoms with Crippen LogP contribution in [0.4, 0.5) is 0 Å². The van der Waals surface area contributed by atoms with Gasteiger partial charge in [-0.2, -0.15) is 0 Å². The maximum Gasteiger partial charge on any atom is 0.226 e. The van der Waals surface area contributed by atoms with Crippen LogP contribution in [-0.4, -0.2) is 55.0 Å². The average Bonchev–Trinajstić information content (AvgIpc) is 2.92. The number of nitrogens with two attached hydrogens (primary N) is 1. The van der Waals surface area contributed by atoms with Crippen molar-refractivity contribution in [3.63, 3.8) is 0 Å². The Morgan fingerprint density at radius 1 is 1.05 bits per heavy atom. The molecule has 0 radical (unpaired) electrons. The Morgan fingerprint density at radius 2 is 1.75 bits per heavy atom. The minimum Gasteiger partial charge on any atom is -0.338 e. The Hall–Kier alpha value is -0.610. The third-order valence-electron chi connectivity index (χ3n) is 4.90. The highest BCUT2D eigenvalue weighted by Crippen LogP contribution is 2.29. The third kappa shape index (κ3) is 4.19. The molecule has 1 amide bonds. The van der Waals surface area contributed by atoms with E-state index in [-0.39, 0.29) is 12.0 Å². The lowest BCUT2D eigenvalue weighted by Gasteiger charge is -2.35. The standard InChI is InChI=1S/C16H31N3O/c1-18(2)10-11-19(15-8-3-4-9-15)16(20)13-6-5-7-14(17)12-13/h13-15H,3-12,17H2,1-2H3. The van der Waals surface area contributed by atoms with Crippen molar-refractivity contribution in [1.29, 1.82) is 0 Å². The molecule has 0 aromatic rings. The van der Waals surface area contributed by atoms with E-state index in [0.717, 1.165) is 38.8 Å². The maximum atomic E-state index is 12.9. The van der Waals surface area contributed by atoms with Crippen molar-refractivity contribution >= 4 is 5.91 Å². The van der Waals surface area contributed by atoms with Crippen LogP contribution in [0.1, 0.15) is 51.4 Å². The van der Waals surface area contributed by atoms with Crippen molar-refractivity contribution in [2.45, 2.75) is 63.5 Å². The summed E-state index contributed by atoms with van der Waals surface area (Å²) in [5.41, 5.74) is 6.06. The van der Waals surface area contributed by atoms with Crippen LogP contribution in [-0.2, 0) is 4.79 Å². The lowest BCUT2D eigenvalue weighted by Crippen LogP contribution is -2.47. The van der Waals surface area contributed by atoms with Gasteiger partial charge in [0.2, 0.25) is 5.91 Å². The van der Waals surface area contributed by atoms with E-state index in [9.17, 15) is 4.79 Å². The van der Waals surface area contributed by atoms with Crippen LogP contribution in [0.25, 0.3) is 0 Å². The summed E-state index contributed by atoms with van der Waals surface area (Å²) in [6.45, 7) is 1.84. The van der Waals surface area contributed by atoms with E-state index in [1.807, 2.05) is 0 Å².